The fourth-order valence-electron chi connectivity index (χ4n) is 0.305. The van der Waals surface area contributed by atoms with Crippen LogP contribution in [0.25, 0.3) is 0 Å². The molecule has 0 spiro atoms. The minimum absolute atomic E-state index is 0.0136. The lowest BCUT2D eigenvalue weighted by atomic mass is 10.5. The van der Waals surface area contributed by atoms with Crippen LogP contribution in [0.15, 0.2) is 0 Å². The van der Waals surface area contributed by atoms with Gasteiger partial charge in [-0.3, -0.25) is 9.59 Å². The number of carbonyl (C=O) groups excluding carboxylic acids is 2. The Balaban J connectivity index is 0. The van der Waals surface area contributed by atoms with Crippen molar-refractivity contribution in [3.63, 3.8) is 0 Å². The van der Waals surface area contributed by atoms with Crippen molar-refractivity contribution in [1.29, 1.82) is 0 Å². The van der Waals surface area contributed by atoms with Crippen LogP contribution in [-0.2, 0) is 20.7 Å². The number of hydrogen-bond acceptors (Lipinski definition) is 3. The Hall–Kier alpha value is -0.950. The fourth-order valence-corrected chi connectivity index (χ4v) is 0.665. The van der Waals surface area contributed by atoms with Gasteiger partial charge in [-0.1, -0.05) is 0 Å². The predicted octanol–water partition coefficient (Wildman–Crippen LogP) is -1.16. The van der Waals surface area contributed by atoms with Gasteiger partial charge in [-0.15, -0.1) is 0 Å². The van der Waals surface area contributed by atoms with Crippen molar-refractivity contribution in [3.8, 4) is 0 Å². The number of hydrogen-bond donors (Lipinski definition) is 3. The number of rotatable bonds is 3. The Kier molecular flexibility index (Phi) is 10.2. The zero-order valence-corrected chi connectivity index (χ0v) is 8.39. The third kappa shape index (κ3) is 24.7. The standard InChI is InChI=1S/C4H9NO3S.C2H5NO/c1-5-4(6)2-3-9(7)8;1-2(3)4/h2-3H2,1H3,(H,5,6)(H,7,8);1H3,(H2,3,4). The third-order valence-electron chi connectivity index (χ3n) is 0.783. The summed E-state index contributed by atoms with van der Waals surface area (Å²) < 4.78 is 18.1. The van der Waals surface area contributed by atoms with Crippen LogP contribution >= 0.6 is 0 Å². The summed E-state index contributed by atoms with van der Waals surface area (Å²) in [5, 5.41) is 2.34. The molecule has 0 aliphatic carbocycles. The second-order valence-corrected chi connectivity index (χ2v) is 3.11. The van der Waals surface area contributed by atoms with E-state index >= 15 is 0 Å². The van der Waals surface area contributed by atoms with Crippen molar-refractivity contribution in [1.82, 2.24) is 5.32 Å². The van der Waals surface area contributed by atoms with Crippen LogP contribution in [0.5, 0.6) is 0 Å². The largest absolute Gasteiger partial charge is 0.370 e. The molecule has 0 aliphatic heterocycles. The average molecular weight is 210 g/mol. The monoisotopic (exact) mass is 210 g/mol. The van der Waals surface area contributed by atoms with Crippen LogP contribution in [0.2, 0.25) is 0 Å². The highest BCUT2D eigenvalue weighted by molar-refractivity contribution is 7.79. The molecule has 2 amide bonds. The zero-order valence-electron chi connectivity index (χ0n) is 7.57. The van der Waals surface area contributed by atoms with Crippen LogP contribution in [0.3, 0.4) is 0 Å². The Labute approximate surface area is 79.2 Å². The van der Waals surface area contributed by atoms with Gasteiger partial charge in [-0.25, -0.2) is 4.21 Å². The highest BCUT2D eigenvalue weighted by Crippen LogP contribution is 1.81. The first-order valence-electron chi connectivity index (χ1n) is 3.44. The molecule has 13 heavy (non-hydrogen) atoms. The lowest BCUT2D eigenvalue weighted by Gasteiger charge is -1.93. The van der Waals surface area contributed by atoms with Crippen molar-refractivity contribution >= 4 is 22.9 Å². The number of primary amides is 1. The van der Waals surface area contributed by atoms with Gasteiger partial charge in [0.15, 0.2) is 11.1 Å². The van der Waals surface area contributed by atoms with Gasteiger partial charge in [-0.2, -0.15) is 0 Å². The van der Waals surface area contributed by atoms with Crippen molar-refractivity contribution in [2.24, 2.45) is 5.73 Å². The zero-order chi connectivity index (χ0) is 10.9. The van der Waals surface area contributed by atoms with Crippen LogP contribution in [0, 0.1) is 0 Å². The maximum atomic E-state index is 10.4. The third-order valence-corrected chi connectivity index (χ3v) is 1.34. The molecule has 78 valence electrons. The molecule has 4 N–H and O–H groups in total. The highest BCUT2D eigenvalue weighted by atomic mass is 32.2. The topological polar surface area (TPSA) is 109 Å². The number of nitrogens with one attached hydrogen (secondary N) is 1. The summed E-state index contributed by atoms with van der Waals surface area (Å²) in [5.74, 6) is -0.531. The maximum Gasteiger partial charge on any atom is 0.220 e. The number of carbonyl (C=O) groups is 2. The minimum atomic E-state index is -1.85. The van der Waals surface area contributed by atoms with Crippen LogP contribution < -0.4 is 11.1 Å². The molecule has 0 aromatic heterocycles. The van der Waals surface area contributed by atoms with E-state index < -0.39 is 11.1 Å². The van der Waals surface area contributed by atoms with E-state index in [9.17, 15) is 13.8 Å². The van der Waals surface area contributed by atoms with Gasteiger partial charge in [0.25, 0.3) is 0 Å². The molecule has 0 bridgehead atoms. The lowest BCUT2D eigenvalue weighted by Crippen LogP contribution is -2.19. The molecule has 0 saturated heterocycles. The Morgan fingerprint density at radius 3 is 2.15 bits per heavy atom. The molecule has 0 rings (SSSR count). The first-order valence-corrected chi connectivity index (χ1v) is 4.71. The highest BCUT2D eigenvalue weighted by Gasteiger charge is 1.99. The quantitative estimate of drug-likeness (QED) is 0.510. The molecule has 0 fully saturated rings. The molecule has 0 radical (unpaired) electrons. The van der Waals surface area contributed by atoms with Crippen LogP contribution in [0.4, 0.5) is 0 Å². The molecule has 0 heterocycles. The Morgan fingerprint density at radius 1 is 1.54 bits per heavy atom. The van der Waals surface area contributed by atoms with Crippen LogP contribution in [0.1, 0.15) is 13.3 Å². The molecule has 0 aromatic rings. The molecule has 6 nitrogen and oxygen atoms in total. The molecular weight excluding hydrogens is 196 g/mol. The van der Waals surface area contributed by atoms with Crippen molar-refractivity contribution in [3.05, 3.63) is 0 Å². The summed E-state index contributed by atoms with van der Waals surface area (Å²) in [5.41, 5.74) is 4.47. The van der Waals surface area contributed by atoms with Gasteiger partial charge >= 0.3 is 0 Å². The van der Waals surface area contributed by atoms with Gasteiger partial charge in [0, 0.05) is 20.4 Å². The molecule has 0 aromatic carbocycles. The van der Waals surface area contributed by atoms with Crippen LogP contribution in [-0.4, -0.2) is 33.4 Å². The van der Waals surface area contributed by atoms with Gasteiger partial charge < -0.3 is 15.6 Å². The normalized spacial score (nSPS) is 10.7. The molecule has 7 heteroatoms. The molecular formula is C6H14N2O4S. The summed E-state index contributed by atoms with van der Waals surface area (Å²) in [4.78, 5) is 19.6. The van der Waals surface area contributed by atoms with E-state index in [1.165, 1.54) is 14.0 Å². The summed E-state index contributed by atoms with van der Waals surface area (Å²) in [6.45, 7) is 1.31. The molecule has 1 atom stereocenters. The van der Waals surface area contributed by atoms with Crippen molar-refractivity contribution in [2.75, 3.05) is 12.8 Å². The van der Waals surface area contributed by atoms with Crippen molar-refractivity contribution < 1.29 is 18.4 Å². The number of nitrogens with two attached hydrogens (primary N) is 1. The predicted molar refractivity (Wildman–Crippen MR) is 49.2 cm³/mol. The van der Waals surface area contributed by atoms with E-state index in [2.05, 4.69) is 11.1 Å². The van der Waals surface area contributed by atoms with Gasteiger partial charge in [0.2, 0.25) is 11.8 Å². The fraction of sp³-hybridized carbons (Fsp3) is 0.667. The van der Waals surface area contributed by atoms with Gasteiger partial charge in [-0.05, 0) is 0 Å². The second-order valence-electron chi connectivity index (χ2n) is 2.06. The molecule has 0 aliphatic rings. The summed E-state index contributed by atoms with van der Waals surface area (Å²) >= 11 is -1.85. The van der Waals surface area contributed by atoms with Crippen molar-refractivity contribution in [2.45, 2.75) is 13.3 Å². The van der Waals surface area contributed by atoms with Gasteiger partial charge in [0.05, 0.1) is 5.75 Å². The molecule has 1 unspecified atom stereocenters. The maximum absolute atomic E-state index is 10.4. The van der Waals surface area contributed by atoms with E-state index in [1.807, 2.05) is 0 Å². The van der Waals surface area contributed by atoms with E-state index in [4.69, 9.17) is 4.55 Å². The Bertz CT molecular complexity index is 191. The summed E-state index contributed by atoms with van der Waals surface area (Å²) in [6, 6.07) is 0. The smallest absolute Gasteiger partial charge is 0.220 e. The van der Waals surface area contributed by atoms with Gasteiger partial charge in [0.1, 0.15) is 0 Å². The first-order chi connectivity index (χ1) is 5.90. The summed E-state index contributed by atoms with van der Waals surface area (Å²) in [6.07, 6.45) is 0.111. The second kappa shape index (κ2) is 9.14. The minimum Gasteiger partial charge on any atom is -0.370 e. The average Bonchev–Trinajstić information content (AvgIpc) is 1.99. The number of amides is 2. The summed E-state index contributed by atoms with van der Waals surface area (Å²) in [7, 11) is 1.49. The first kappa shape index (κ1) is 14.6. The SMILES string of the molecule is CC(N)=O.CNC(=O)CCS(=O)O. The van der Waals surface area contributed by atoms with E-state index in [0.717, 1.165) is 0 Å². The van der Waals surface area contributed by atoms with E-state index in [-0.39, 0.29) is 24.0 Å². The van der Waals surface area contributed by atoms with E-state index in [1.54, 1.807) is 0 Å². The lowest BCUT2D eigenvalue weighted by molar-refractivity contribution is -0.120. The molecule has 0 saturated carbocycles. The Morgan fingerprint density at radius 2 is 1.92 bits per heavy atom. The van der Waals surface area contributed by atoms with E-state index in [0.29, 0.717) is 0 Å².